The van der Waals surface area contributed by atoms with Crippen LogP contribution in [0.5, 0.6) is 0 Å². The Hall–Kier alpha value is -3.38. The van der Waals surface area contributed by atoms with Crippen LogP contribution in [0.25, 0.3) is 22.1 Å². The molecule has 0 saturated carbocycles. The third-order valence-corrected chi connectivity index (χ3v) is 7.90. The fourth-order valence-electron chi connectivity index (χ4n) is 4.88. The lowest BCUT2D eigenvalue weighted by Crippen LogP contribution is -2.54. The van der Waals surface area contributed by atoms with Crippen molar-refractivity contribution in [1.82, 2.24) is 28.6 Å². The largest absolute Gasteiger partial charge is 0.444 e. The molecule has 0 bridgehead atoms. The fourth-order valence-corrected chi connectivity index (χ4v) is 5.70. The van der Waals surface area contributed by atoms with Crippen molar-refractivity contribution in [3.63, 3.8) is 0 Å². The van der Waals surface area contributed by atoms with E-state index in [0.29, 0.717) is 53.5 Å². The van der Waals surface area contributed by atoms with Crippen LogP contribution in [-0.2, 0) is 27.7 Å². The van der Waals surface area contributed by atoms with Gasteiger partial charge in [-0.25, -0.2) is 23.0 Å². The average Bonchev–Trinajstić information content (AvgIpc) is 3.26. The standard InChI is InChI=1S/C26H31ClN6O5S/c1-26(2,3)38-25(35)30-14-18(15-30)33-21-8-9-28-13-22(21)32(24(33)34)16-23-29-19-12-17(27)6-7-20(19)31(23)10-5-11-39(4,36)37/h6-9,12-13,18H,5,10-11,14-16H2,1-4H3. The third kappa shape index (κ3) is 5.67. The number of sulfone groups is 1. The Morgan fingerprint density at radius 1 is 1.13 bits per heavy atom. The van der Waals surface area contributed by atoms with Crippen LogP contribution in [0.1, 0.15) is 39.1 Å². The van der Waals surface area contributed by atoms with Crippen molar-refractivity contribution in [3.05, 3.63) is 58.0 Å². The minimum atomic E-state index is -3.13. The van der Waals surface area contributed by atoms with Crippen LogP contribution in [0.2, 0.25) is 5.02 Å². The monoisotopic (exact) mass is 574 g/mol. The Morgan fingerprint density at radius 3 is 2.56 bits per heavy atom. The van der Waals surface area contributed by atoms with Crippen molar-refractivity contribution in [1.29, 1.82) is 0 Å². The lowest BCUT2D eigenvalue weighted by atomic mass is 10.1. The number of fused-ring (bicyclic) bond motifs is 2. The maximum atomic E-state index is 13.8. The number of hydrogen-bond donors (Lipinski definition) is 0. The van der Waals surface area contributed by atoms with Gasteiger partial charge in [0.25, 0.3) is 0 Å². The van der Waals surface area contributed by atoms with Gasteiger partial charge in [0.1, 0.15) is 21.3 Å². The lowest BCUT2D eigenvalue weighted by molar-refractivity contribution is 0.00108. The Kier molecular flexibility index (Phi) is 6.96. The molecule has 1 aliphatic rings. The maximum absolute atomic E-state index is 13.8. The molecule has 1 aromatic carbocycles. The molecule has 39 heavy (non-hydrogen) atoms. The summed E-state index contributed by atoms with van der Waals surface area (Å²) < 4.78 is 34.2. The van der Waals surface area contributed by atoms with Crippen molar-refractivity contribution >= 4 is 49.6 Å². The number of benzene rings is 1. The first-order valence-corrected chi connectivity index (χ1v) is 15.1. The summed E-state index contributed by atoms with van der Waals surface area (Å²) >= 11 is 6.21. The Balaban J connectivity index is 1.48. The fraction of sp³-hybridized carbons (Fsp3) is 0.462. The van der Waals surface area contributed by atoms with E-state index >= 15 is 0 Å². The number of hydrogen-bond acceptors (Lipinski definition) is 7. The summed E-state index contributed by atoms with van der Waals surface area (Å²) in [7, 11) is -3.13. The van der Waals surface area contributed by atoms with Gasteiger partial charge in [0, 0.05) is 37.1 Å². The van der Waals surface area contributed by atoms with Crippen LogP contribution in [-0.4, -0.2) is 73.8 Å². The second-order valence-corrected chi connectivity index (χ2v) is 13.6. The molecule has 1 saturated heterocycles. The normalized spacial score (nSPS) is 14.7. The number of nitrogens with zero attached hydrogens (tertiary/aromatic N) is 6. The van der Waals surface area contributed by atoms with E-state index in [9.17, 15) is 18.0 Å². The predicted molar refractivity (Wildman–Crippen MR) is 149 cm³/mol. The molecule has 13 heteroatoms. The number of amides is 1. The quantitative estimate of drug-likeness (QED) is 0.331. The molecule has 0 N–H and O–H groups in total. The highest BCUT2D eigenvalue weighted by molar-refractivity contribution is 7.90. The van der Waals surface area contributed by atoms with Gasteiger partial charge in [0.2, 0.25) is 0 Å². The minimum absolute atomic E-state index is 0.0404. The zero-order chi connectivity index (χ0) is 28.1. The molecule has 11 nitrogen and oxygen atoms in total. The molecule has 1 aliphatic heterocycles. The van der Waals surface area contributed by atoms with Crippen LogP contribution in [0.4, 0.5) is 4.79 Å². The summed E-state index contributed by atoms with van der Waals surface area (Å²) in [6.45, 7) is 6.74. The Bertz CT molecular complexity index is 1730. The van der Waals surface area contributed by atoms with E-state index in [1.165, 1.54) is 6.26 Å². The van der Waals surface area contributed by atoms with Gasteiger partial charge in [-0.1, -0.05) is 11.6 Å². The molecule has 3 aromatic heterocycles. The van der Waals surface area contributed by atoms with Crippen LogP contribution >= 0.6 is 11.6 Å². The molecule has 0 atom stereocenters. The van der Waals surface area contributed by atoms with Gasteiger partial charge >= 0.3 is 11.8 Å². The zero-order valence-electron chi connectivity index (χ0n) is 22.3. The van der Waals surface area contributed by atoms with E-state index in [2.05, 4.69) is 4.98 Å². The van der Waals surface area contributed by atoms with E-state index in [4.69, 9.17) is 21.3 Å². The number of carbonyl (C=O) groups is 1. The zero-order valence-corrected chi connectivity index (χ0v) is 23.9. The molecule has 0 spiro atoms. The number of aromatic nitrogens is 5. The highest BCUT2D eigenvalue weighted by Gasteiger charge is 2.37. The van der Waals surface area contributed by atoms with Gasteiger partial charge in [0.15, 0.2) is 0 Å². The second kappa shape index (κ2) is 9.98. The van der Waals surface area contributed by atoms with Gasteiger partial charge in [-0.05, 0) is 51.5 Å². The van der Waals surface area contributed by atoms with E-state index in [1.807, 2.05) is 31.4 Å². The van der Waals surface area contributed by atoms with Crippen LogP contribution in [0.3, 0.4) is 0 Å². The summed E-state index contributed by atoms with van der Waals surface area (Å²) in [6, 6.07) is 6.95. The van der Waals surface area contributed by atoms with Crippen molar-refractivity contribution in [3.8, 4) is 0 Å². The van der Waals surface area contributed by atoms with Gasteiger partial charge in [-0.15, -0.1) is 0 Å². The van der Waals surface area contributed by atoms with Gasteiger partial charge in [-0.3, -0.25) is 14.1 Å². The summed E-state index contributed by atoms with van der Waals surface area (Å²) in [5, 5.41) is 0.535. The molecule has 5 rings (SSSR count). The molecule has 0 radical (unpaired) electrons. The van der Waals surface area contributed by atoms with E-state index < -0.39 is 21.5 Å². The summed E-state index contributed by atoms with van der Waals surface area (Å²) in [6.07, 6.45) is 4.49. The molecule has 1 amide bonds. The SMILES string of the molecule is CC(C)(C)OC(=O)N1CC(n2c(=O)n(Cc3nc4cc(Cl)ccc4n3CCCS(C)(=O)=O)c3cnccc32)C1. The number of ether oxygens (including phenoxy) is 1. The third-order valence-electron chi connectivity index (χ3n) is 6.63. The molecular weight excluding hydrogens is 544 g/mol. The number of rotatable bonds is 7. The van der Waals surface area contributed by atoms with Crippen molar-refractivity contribution in [2.45, 2.75) is 51.9 Å². The first-order valence-electron chi connectivity index (χ1n) is 12.7. The highest BCUT2D eigenvalue weighted by Crippen LogP contribution is 2.27. The first-order chi connectivity index (χ1) is 18.3. The van der Waals surface area contributed by atoms with E-state index in [0.717, 1.165) is 5.52 Å². The van der Waals surface area contributed by atoms with Gasteiger partial charge in [0.05, 0.1) is 46.6 Å². The van der Waals surface area contributed by atoms with Crippen LogP contribution in [0, 0.1) is 0 Å². The topological polar surface area (TPSA) is 121 Å². The van der Waals surface area contributed by atoms with Gasteiger partial charge < -0.3 is 14.2 Å². The van der Waals surface area contributed by atoms with E-state index in [-0.39, 0.29) is 24.0 Å². The predicted octanol–water partition coefficient (Wildman–Crippen LogP) is 3.48. The second-order valence-electron chi connectivity index (χ2n) is 10.9. The smallest absolute Gasteiger partial charge is 0.410 e. The van der Waals surface area contributed by atoms with Crippen molar-refractivity contribution in [2.24, 2.45) is 0 Å². The first kappa shape index (κ1) is 27.2. The summed E-state index contributed by atoms with van der Waals surface area (Å²) in [5.41, 5.74) is 2.00. The molecular formula is C26H31ClN6O5S. The van der Waals surface area contributed by atoms with Crippen molar-refractivity contribution in [2.75, 3.05) is 25.1 Å². The lowest BCUT2D eigenvalue weighted by Gasteiger charge is -2.40. The summed E-state index contributed by atoms with van der Waals surface area (Å²) in [4.78, 5) is 36.8. The average molecular weight is 575 g/mol. The Labute approximate surface area is 230 Å². The van der Waals surface area contributed by atoms with Crippen LogP contribution < -0.4 is 5.69 Å². The van der Waals surface area contributed by atoms with Crippen molar-refractivity contribution < 1.29 is 17.9 Å². The molecule has 0 unspecified atom stereocenters. The highest BCUT2D eigenvalue weighted by atomic mass is 35.5. The number of pyridine rings is 1. The number of likely N-dealkylation sites (tertiary alicyclic amines) is 1. The minimum Gasteiger partial charge on any atom is -0.444 e. The summed E-state index contributed by atoms with van der Waals surface area (Å²) in [5.74, 6) is 0.647. The molecule has 4 aromatic rings. The molecule has 4 heterocycles. The molecule has 1 fully saturated rings. The number of imidazole rings is 2. The Morgan fingerprint density at radius 2 is 1.87 bits per heavy atom. The van der Waals surface area contributed by atoms with E-state index in [1.54, 1.807) is 44.6 Å². The molecule has 0 aliphatic carbocycles. The number of halogens is 1. The molecule has 208 valence electrons. The maximum Gasteiger partial charge on any atom is 0.410 e. The van der Waals surface area contributed by atoms with Gasteiger partial charge in [-0.2, -0.15) is 0 Å². The van der Waals surface area contributed by atoms with Crippen LogP contribution in [0.15, 0.2) is 41.5 Å². The number of carbonyl (C=O) groups excluding carboxylic acids is 1. The number of aryl methyl sites for hydroxylation is 1.